The molecule has 1 amide bonds. The molecule has 1 atom stereocenters. The van der Waals surface area contributed by atoms with Crippen LogP contribution in [-0.2, 0) is 4.79 Å². The molecule has 3 aromatic rings. The number of likely N-dealkylation sites (tertiary alicyclic amines) is 1. The molecule has 1 fully saturated rings. The molecule has 3 heterocycles. The largest absolute Gasteiger partial charge is 0.478 e. The van der Waals surface area contributed by atoms with Crippen LogP contribution in [0.15, 0.2) is 36.4 Å². The fourth-order valence-electron chi connectivity index (χ4n) is 4.17. The Kier molecular flexibility index (Phi) is 6.90. The van der Waals surface area contributed by atoms with Gasteiger partial charge in [-0.1, -0.05) is 18.9 Å². The minimum absolute atomic E-state index is 0.131. The number of benzene rings is 1. The Morgan fingerprint density at radius 1 is 1.24 bits per heavy atom. The number of aliphatic carboxylic acids is 1. The number of aromatic nitrogens is 3. The highest BCUT2D eigenvalue weighted by molar-refractivity contribution is 5.93. The summed E-state index contributed by atoms with van der Waals surface area (Å²) in [6.45, 7) is 4.94. The Balaban J connectivity index is 1.72. The van der Waals surface area contributed by atoms with Crippen LogP contribution in [0.1, 0.15) is 55.6 Å². The standard InChI is InChI=1S/C25H27FN4O4/c1-3-34-23-15-21(25(33)29-12-6-4-5-7-16(29)2)27-22-14-20(28-30(22)23)18-10-8-17(13-19(18)26)9-11-24(31)32/h8-11,13-16H,3-7,12H2,1-2H3,(H,31,32)/b11-9+/t16-/m1/s1. The minimum atomic E-state index is -1.11. The summed E-state index contributed by atoms with van der Waals surface area (Å²) in [6, 6.07) is 7.70. The van der Waals surface area contributed by atoms with Crippen LogP contribution in [-0.4, -0.2) is 55.7 Å². The summed E-state index contributed by atoms with van der Waals surface area (Å²) < 4.78 is 22.0. The Bertz CT molecular complexity index is 1250. The van der Waals surface area contributed by atoms with Gasteiger partial charge in [-0.25, -0.2) is 14.2 Å². The van der Waals surface area contributed by atoms with Gasteiger partial charge in [-0.15, -0.1) is 0 Å². The van der Waals surface area contributed by atoms with E-state index < -0.39 is 11.8 Å². The summed E-state index contributed by atoms with van der Waals surface area (Å²) in [5, 5.41) is 13.2. The molecular formula is C25H27FN4O4. The molecule has 4 rings (SSSR count). The summed E-state index contributed by atoms with van der Waals surface area (Å²) in [5.74, 6) is -1.46. The van der Waals surface area contributed by atoms with Crippen molar-refractivity contribution in [2.75, 3.05) is 13.2 Å². The van der Waals surface area contributed by atoms with Gasteiger partial charge in [-0.05, 0) is 50.5 Å². The lowest BCUT2D eigenvalue weighted by Crippen LogP contribution is -2.38. The van der Waals surface area contributed by atoms with Crippen LogP contribution in [0, 0.1) is 5.82 Å². The molecule has 2 aromatic heterocycles. The lowest BCUT2D eigenvalue weighted by molar-refractivity contribution is -0.131. The van der Waals surface area contributed by atoms with E-state index in [1.54, 1.807) is 18.2 Å². The van der Waals surface area contributed by atoms with Crippen molar-refractivity contribution in [3.63, 3.8) is 0 Å². The van der Waals surface area contributed by atoms with Gasteiger partial charge in [-0.3, -0.25) is 4.79 Å². The van der Waals surface area contributed by atoms with E-state index in [-0.39, 0.29) is 23.2 Å². The fraction of sp³-hybridized carbons (Fsp3) is 0.360. The van der Waals surface area contributed by atoms with Crippen molar-refractivity contribution >= 4 is 23.6 Å². The molecule has 0 unspecified atom stereocenters. The number of halogens is 1. The molecule has 0 spiro atoms. The van der Waals surface area contributed by atoms with Gasteiger partial charge in [0, 0.05) is 36.4 Å². The van der Waals surface area contributed by atoms with Crippen LogP contribution in [0.5, 0.6) is 5.88 Å². The molecule has 1 N–H and O–H groups in total. The second kappa shape index (κ2) is 10.0. The smallest absolute Gasteiger partial charge is 0.328 e. The molecule has 1 saturated heterocycles. The average Bonchev–Trinajstić information content (AvgIpc) is 3.12. The summed E-state index contributed by atoms with van der Waals surface area (Å²) in [4.78, 5) is 30.4. The predicted octanol–water partition coefficient (Wildman–Crippen LogP) is 4.44. The van der Waals surface area contributed by atoms with Crippen molar-refractivity contribution in [1.82, 2.24) is 19.5 Å². The van der Waals surface area contributed by atoms with Gasteiger partial charge in [0.2, 0.25) is 5.88 Å². The van der Waals surface area contributed by atoms with Crippen molar-refractivity contribution in [2.45, 2.75) is 45.6 Å². The van der Waals surface area contributed by atoms with E-state index in [9.17, 15) is 14.0 Å². The third-order valence-corrected chi connectivity index (χ3v) is 5.91. The normalized spacial score (nSPS) is 16.7. The summed E-state index contributed by atoms with van der Waals surface area (Å²) in [6.07, 6.45) is 6.39. The number of hydrogen-bond donors (Lipinski definition) is 1. The lowest BCUT2D eigenvalue weighted by Gasteiger charge is -2.27. The molecular weight excluding hydrogens is 439 g/mol. The minimum Gasteiger partial charge on any atom is -0.478 e. The zero-order valence-electron chi connectivity index (χ0n) is 19.2. The van der Waals surface area contributed by atoms with E-state index in [4.69, 9.17) is 9.84 Å². The van der Waals surface area contributed by atoms with Gasteiger partial charge in [0.25, 0.3) is 5.91 Å². The molecule has 0 aliphatic carbocycles. The molecule has 0 bridgehead atoms. The summed E-state index contributed by atoms with van der Waals surface area (Å²) >= 11 is 0. The molecule has 8 nitrogen and oxygen atoms in total. The molecule has 1 aromatic carbocycles. The molecule has 1 aliphatic heterocycles. The first-order chi connectivity index (χ1) is 16.4. The van der Waals surface area contributed by atoms with E-state index in [0.717, 1.165) is 31.8 Å². The van der Waals surface area contributed by atoms with E-state index >= 15 is 0 Å². The monoisotopic (exact) mass is 466 g/mol. The Morgan fingerprint density at radius 3 is 2.79 bits per heavy atom. The van der Waals surface area contributed by atoms with Gasteiger partial charge >= 0.3 is 5.97 Å². The van der Waals surface area contributed by atoms with E-state index in [2.05, 4.69) is 17.0 Å². The molecule has 9 heteroatoms. The number of amides is 1. The fourth-order valence-corrected chi connectivity index (χ4v) is 4.17. The van der Waals surface area contributed by atoms with Crippen LogP contribution in [0.3, 0.4) is 0 Å². The van der Waals surface area contributed by atoms with Crippen LogP contribution in [0.25, 0.3) is 23.0 Å². The molecule has 1 aliphatic rings. The van der Waals surface area contributed by atoms with E-state index in [1.807, 2.05) is 11.8 Å². The maximum atomic E-state index is 14.8. The number of rotatable bonds is 6. The van der Waals surface area contributed by atoms with Gasteiger partial charge in [0.05, 0.1) is 12.3 Å². The van der Waals surface area contributed by atoms with E-state index in [1.165, 1.54) is 22.7 Å². The second-order valence-corrected chi connectivity index (χ2v) is 8.32. The predicted molar refractivity (Wildman–Crippen MR) is 125 cm³/mol. The van der Waals surface area contributed by atoms with Crippen molar-refractivity contribution in [1.29, 1.82) is 0 Å². The Morgan fingerprint density at radius 2 is 2.06 bits per heavy atom. The Labute approximate surface area is 196 Å². The summed E-state index contributed by atoms with van der Waals surface area (Å²) in [5.41, 5.74) is 1.62. The number of hydrogen-bond acceptors (Lipinski definition) is 5. The number of carbonyl (C=O) groups excluding carboxylic acids is 1. The van der Waals surface area contributed by atoms with Crippen molar-refractivity contribution in [3.05, 3.63) is 53.5 Å². The highest BCUT2D eigenvalue weighted by atomic mass is 19.1. The SMILES string of the molecule is CCOc1cc(C(=O)N2CCCCC[C@H]2C)nc2cc(-c3ccc(/C=C/C(=O)O)cc3F)nn12. The van der Waals surface area contributed by atoms with Gasteiger partial charge in [0.1, 0.15) is 11.5 Å². The number of carbonyl (C=O) groups is 2. The van der Waals surface area contributed by atoms with Gasteiger partial charge < -0.3 is 14.7 Å². The first-order valence-electron chi connectivity index (χ1n) is 11.4. The molecule has 178 valence electrons. The number of ether oxygens (including phenoxy) is 1. The van der Waals surface area contributed by atoms with Crippen LogP contribution in [0.4, 0.5) is 4.39 Å². The zero-order valence-corrected chi connectivity index (χ0v) is 19.2. The van der Waals surface area contributed by atoms with Crippen LogP contribution < -0.4 is 4.74 Å². The van der Waals surface area contributed by atoms with Gasteiger partial charge in [0.15, 0.2) is 5.65 Å². The van der Waals surface area contributed by atoms with Crippen LogP contribution >= 0.6 is 0 Å². The zero-order chi connectivity index (χ0) is 24.2. The van der Waals surface area contributed by atoms with Crippen molar-refractivity contribution < 1.29 is 23.8 Å². The maximum absolute atomic E-state index is 14.8. The summed E-state index contributed by atoms with van der Waals surface area (Å²) in [7, 11) is 0. The van der Waals surface area contributed by atoms with Crippen molar-refractivity contribution in [3.8, 4) is 17.1 Å². The first kappa shape index (κ1) is 23.4. The van der Waals surface area contributed by atoms with Crippen molar-refractivity contribution in [2.24, 2.45) is 0 Å². The average molecular weight is 467 g/mol. The number of nitrogens with zero attached hydrogens (tertiary/aromatic N) is 4. The third kappa shape index (κ3) is 4.93. The molecule has 0 saturated carbocycles. The van der Waals surface area contributed by atoms with Gasteiger partial charge in [-0.2, -0.15) is 9.61 Å². The highest BCUT2D eigenvalue weighted by Gasteiger charge is 2.26. The number of carboxylic acids is 1. The Hall–Kier alpha value is -3.75. The molecule has 34 heavy (non-hydrogen) atoms. The first-order valence-corrected chi connectivity index (χ1v) is 11.4. The van der Waals surface area contributed by atoms with Crippen LogP contribution in [0.2, 0.25) is 0 Å². The van der Waals surface area contributed by atoms with E-state index in [0.29, 0.717) is 35.9 Å². The lowest BCUT2D eigenvalue weighted by atomic mass is 10.1. The third-order valence-electron chi connectivity index (χ3n) is 5.91. The maximum Gasteiger partial charge on any atom is 0.328 e. The topological polar surface area (TPSA) is 97.0 Å². The number of fused-ring (bicyclic) bond motifs is 1. The highest BCUT2D eigenvalue weighted by Crippen LogP contribution is 2.27. The number of carboxylic acid groups (broad SMARTS) is 1. The second-order valence-electron chi connectivity index (χ2n) is 8.32. The quantitative estimate of drug-likeness (QED) is 0.540. The molecule has 0 radical (unpaired) electrons.